The Morgan fingerprint density at radius 2 is 1.93 bits per heavy atom. The van der Waals surface area contributed by atoms with E-state index in [1.54, 1.807) is 7.11 Å². The zero-order valence-electron chi connectivity index (χ0n) is 16.7. The first-order chi connectivity index (χ1) is 13.1. The molecule has 27 heavy (non-hydrogen) atoms. The molecule has 0 spiro atoms. The number of aryl methyl sites for hydroxylation is 2. The van der Waals surface area contributed by atoms with Gasteiger partial charge in [-0.2, -0.15) is 0 Å². The van der Waals surface area contributed by atoms with Gasteiger partial charge in [0.25, 0.3) is 0 Å². The van der Waals surface area contributed by atoms with Crippen LogP contribution in [0.25, 0.3) is 0 Å². The molecule has 2 heterocycles. The predicted octanol–water partition coefficient (Wildman–Crippen LogP) is 4.97. The van der Waals surface area contributed by atoms with E-state index >= 15 is 0 Å². The van der Waals surface area contributed by atoms with Gasteiger partial charge in [-0.1, -0.05) is 6.07 Å². The summed E-state index contributed by atoms with van der Waals surface area (Å²) in [6.07, 6.45) is 6.87. The minimum Gasteiger partial charge on any atom is -0.496 e. The number of thiophene rings is 1. The molecule has 3 aromatic rings. The molecule has 0 fully saturated rings. The van der Waals surface area contributed by atoms with E-state index in [2.05, 4.69) is 59.5 Å². The third-order valence-corrected chi connectivity index (χ3v) is 6.07. The van der Waals surface area contributed by atoms with E-state index in [0.717, 1.165) is 38.3 Å². The van der Waals surface area contributed by atoms with Crippen molar-refractivity contribution in [2.24, 2.45) is 0 Å². The highest BCUT2D eigenvalue weighted by Crippen LogP contribution is 2.26. The van der Waals surface area contributed by atoms with Gasteiger partial charge in [-0.05, 0) is 62.1 Å². The van der Waals surface area contributed by atoms with Gasteiger partial charge in [-0.15, -0.1) is 11.3 Å². The van der Waals surface area contributed by atoms with Gasteiger partial charge in [-0.25, -0.2) is 4.98 Å². The molecule has 0 aliphatic carbocycles. The molecule has 4 nitrogen and oxygen atoms in total. The van der Waals surface area contributed by atoms with Crippen molar-refractivity contribution in [3.05, 3.63) is 69.4 Å². The average Bonchev–Trinajstić information content (AvgIpc) is 3.31. The molecule has 3 rings (SSSR count). The van der Waals surface area contributed by atoms with Crippen LogP contribution in [-0.4, -0.2) is 28.1 Å². The highest BCUT2D eigenvalue weighted by molar-refractivity contribution is 7.11. The number of nitrogens with zero attached hydrogens (tertiary/aromatic N) is 3. The highest BCUT2D eigenvalue weighted by Gasteiger charge is 2.13. The quantitative estimate of drug-likeness (QED) is 0.522. The summed E-state index contributed by atoms with van der Waals surface area (Å²) in [7, 11) is 1.74. The van der Waals surface area contributed by atoms with E-state index in [1.807, 2.05) is 30.1 Å². The summed E-state index contributed by atoms with van der Waals surface area (Å²) in [5.74, 6) is 0.969. The summed E-state index contributed by atoms with van der Waals surface area (Å²) >= 11 is 1.89. The number of ether oxygens (including phenoxy) is 1. The van der Waals surface area contributed by atoms with Crippen molar-refractivity contribution < 1.29 is 4.74 Å². The molecule has 0 saturated carbocycles. The average molecular weight is 384 g/mol. The molecule has 0 bridgehead atoms. The minimum absolute atomic E-state index is 0.956. The summed E-state index contributed by atoms with van der Waals surface area (Å²) in [5.41, 5.74) is 3.95. The van der Waals surface area contributed by atoms with Crippen LogP contribution in [0.4, 0.5) is 0 Å². The standard InChI is InChI=1S/C22H29N3OS/c1-17-6-8-21(27-17)15-25(12-5-11-24-13-10-23-16-24)14-20-7-9-22(26-4)19(3)18(20)2/h6-10,13,16H,5,11-12,14-15H2,1-4H3. The van der Waals surface area contributed by atoms with Crippen molar-refractivity contribution in [1.82, 2.24) is 14.5 Å². The Hall–Kier alpha value is -2.11. The first-order valence-electron chi connectivity index (χ1n) is 9.43. The van der Waals surface area contributed by atoms with E-state index in [9.17, 15) is 0 Å². The van der Waals surface area contributed by atoms with Crippen LogP contribution in [-0.2, 0) is 19.6 Å². The van der Waals surface area contributed by atoms with E-state index in [4.69, 9.17) is 4.74 Å². The molecule has 0 atom stereocenters. The maximum absolute atomic E-state index is 5.47. The van der Waals surface area contributed by atoms with Gasteiger partial charge in [0.05, 0.1) is 13.4 Å². The van der Waals surface area contributed by atoms with Crippen LogP contribution in [0.5, 0.6) is 5.75 Å². The Labute approximate surface area is 166 Å². The zero-order chi connectivity index (χ0) is 19.2. The van der Waals surface area contributed by atoms with Crippen LogP contribution in [0.3, 0.4) is 0 Å². The van der Waals surface area contributed by atoms with Gasteiger partial charge < -0.3 is 9.30 Å². The minimum atomic E-state index is 0.956. The fraction of sp³-hybridized carbons (Fsp3) is 0.409. The molecule has 0 unspecified atom stereocenters. The molecule has 1 aromatic carbocycles. The summed E-state index contributed by atoms with van der Waals surface area (Å²) in [6.45, 7) is 10.5. The molecule has 0 aliphatic heterocycles. The van der Waals surface area contributed by atoms with Crippen molar-refractivity contribution in [2.45, 2.75) is 46.8 Å². The fourth-order valence-corrected chi connectivity index (χ4v) is 4.32. The number of hydrogen-bond donors (Lipinski definition) is 0. The van der Waals surface area contributed by atoms with Crippen molar-refractivity contribution in [3.8, 4) is 5.75 Å². The van der Waals surface area contributed by atoms with Crippen molar-refractivity contribution in [1.29, 1.82) is 0 Å². The maximum Gasteiger partial charge on any atom is 0.122 e. The Morgan fingerprint density at radius 1 is 1.07 bits per heavy atom. The van der Waals surface area contributed by atoms with Crippen LogP contribution >= 0.6 is 11.3 Å². The molecule has 5 heteroatoms. The second-order valence-electron chi connectivity index (χ2n) is 7.05. The van der Waals surface area contributed by atoms with Crippen LogP contribution in [0.15, 0.2) is 43.0 Å². The van der Waals surface area contributed by atoms with Gasteiger partial charge in [0.15, 0.2) is 0 Å². The Morgan fingerprint density at radius 3 is 2.59 bits per heavy atom. The maximum atomic E-state index is 5.47. The normalized spacial score (nSPS) is 11.3. The van der Waals surface area contributed by atoms with Crippen LogP contribution in [0, 0.1) is 20.8 Å². The molecule has 2 aromatic heterocycles. The van der Waals surface area contributed by atoms with Gasteiger partial charge in [0.2, 0.25) is 0 Å². The van der Waals surface area contributed by atoms with Crippen molar-refractivity contribution in [3.63, 3.8) is 0 Å². The number of rotatable bonds is 9. The number of methoxy groups -OCH3 is 1. The van der Waals surface area contributed by atoms with Crippen molar-refractivity contribution >= 4 is 11.3 Å². The lowest BCUT2D eigenvalue weighted by Gasteiger charge is -2.24. The molecule has 144 valence electrons. The first-order valence-corrected chi connectivity index (χ1v) is 10.2. The molecule has 0 N–H and O–H groups in total. The first kappa shape index (κ1) is 19.6. The zero-order valence-corrected chi connectivity index (χ0v) is 17.6. The largest absolute Gasteiger partial charge is 0.496 e. The summed E-state index contributed by atoms with van der Waals surface area (Å²) < 4.78 is 7.62. The monoisotopic (exact) mass is 383 g/mol. The Bertz CT molecular complexity index is 855. The Kier molecular flexibility index (Phi) is 6.69. The van der Waals surface area contributed by atoms with E-state index in [0.29, 0.717) is 0 Å². The number of hydrogen-bond acceptors (Lipinski definition) is 4. The number of aromatic nitrogens is 2. The van der Waals surface area contributed by atoms with Crippen LogP contribution in [0.2, 0.25) is 0 Å². The van der Waals surface area contributed by atoms with E-state index < -0.39 is 0 Å². The fourth-order valence-electron chi connectivity index (χ4n) is 3.39. The third-order valence-electron chi connectivity index (χ3n) is 5.09. The predicted molar refractivity (Wildman–Crippen MR) is 112 cm³/mol. The lowest BCUT2D eigenvalue weighted by atomic mass is 10.0. The molecular formula is C22H29N3OS. The van der Waals surface area contributed by atoms with E-state index in [-0.39, 0.29) is 0 Å². The van der Waals surface area contributed by atoms with Gasteiger partial charge in [-0.3, -0.25) is 4.90 Å². The third kappa shape index (κ3) is 5.21. The lowest BCUT2D eigenvalue weighted by molar-refractivity contribution is 0.250. The molecular weight excluding hydrogens is 354 g/mol. The van der Waals surface area contributed by atoms with Crippen LogP contribution in [0.1, 0.15) is 32.9 Å². The highest BCUT2D eigenvalue weighted by atomic mass is 32.1. The summed E-state index contributed by atoms with van der Waals surface area (Å²) in [4.78, 5) is 9.49. The smallest absolute Gasteiger partial charge is 0.122 e. The van der Waals surface area contributed by atoms with E-state index in [1.165, 1.54) is 26.4 Å². The van der Waals surface area contributed by atoms with Gasteiger partial charge in [0, 0.05) is 48.3 Å². The lowest BCUT2D eigenvalue weighted by Crippen LogP contribution is -2.25. The summed E-state index contributed by atoms with van der Waals surface area (Å²) in [6, 6.07) is 8.78. The SMILES string of the molecule is COc1ccc(CN(CCCn2ccnc2)Cc2ccc(C)s2)c(C)c1C. The topological polar surface area (TPSA) is 30.3 Å². The van der Waals surface area contributed by atoms with Crippen LogP contribution < -0.4 is 4.74 Å². The molecule has 0 radical (unpaired) electrons. The van der Waals surface area contributed by atoms with Gasteiger partial charge in [0.1, 0.15) is 5.75 Å². The second kappa shape index (κ2) is 9.20. The Balaban J connectivity index is 1.71. The molecule has 0 amide bonds. The molecule has 0 saturated heterocycles. The number of imidazole rings is 1. The number of benzene rings is 1. The summed E-state index contributed by atoms with van der Waals surface area (Å²) in [5, 5.41) is 0. The van der Waals surface area contributed by atoms with Gasteiger partial charge >= 0.3 is 0 Å². The second-order valence-corrected chi connectivity index (χ2v) is 8.43. The van der Waals surface area contributed by atoms with Crippen molar-refractivity contribution in [2.75, 3.05) is 13.7 Å². The molecule has 0 aliphatic rings.